The van der Waals surface area contributed by atoms with E-state index < -0.39 is 6.10 Å². The summed E-state index contributed by atoms with van der Waals surface area (Å²) in [5.41, 5.74) is 0. The van der Waals surface area contributed by atoms with Gasteiger partial charge in [-0.15, -0.1) is 0 Å². The van der Waals surface area contributed by atoms with Crippen molar-refractivity contribution in [1.29, 1.82) is 0 Å². The smallest absolute Gasteiger partial charge is 0.306 e. The summed E-state index contributed by atoms with van der Waals surface area (Å²) in [6.45, 7) is 7.76. The zero-order valence-corrected chi connectivity index (χ0v) is 37.9. The van der Waals surface area contributed by atoms with Gasteiger partial charge in [-0.2, -0.15) is 0 Å². The molecular formula is C51H96O5. The molecule has 5 nitrogen and oxygen atoms in total. The summed E-state index contributed by atoms with van der Waals surface area (Å²) in [5, 5.41) is 0. The van der Waals surface area contributed by atoms with E-state index in [4.69, 9.17) is 14.2 Å². The van der Waals surface area contributed by atoms with Gasteiger partial charge in [0.05, 0.1) is 6.61 Å². The van der Waals surface area contributed by atoms with E-state index in [-0.39, 0.29) is 25.2 Å². The van der Waals surface area contributed by atoms with Crippen molar-refractivity contribution in [2.75, 3.05) is 19.8 Å². The van der Waals surface area contributed by atoms with Crippen molar-refractivity contribution in [1.82, 2.24) is 0 Å². The average Bonchev–Trinajstić information content (AvgIpc) is 3.20. The Bertz CT molecular complexity index is 851. The minimum atomic E-state index is -0.531. The lowest BCUT2D eigenvalue weighted by molar-refractivity contribution is -0.163. The van der Waals surface area contributed by atoms with E-state index in [0.29, 0.717) is 19.4 Å². The molecule has 5 heteroatoms. The fourth-order valence-corrected chi connectivity index (χ4v) is 7.25. The van der Waals surface area contributed by atoms with Gasteiger partial charge in [-0.3, -0.25) is 9.59 Å². The number of carbonyl (C=O) groups is 2. The second-order valence-corrected chi connectivity index (χ2v) is 16.7. The molecule has 0 rings (SSSR count). The van der Waals surface area contributed by atoms with Gasteiger partial charge in [-0.25, -0.2) is 0 Å². The van der Waals surface area contributed by atoms with E-state index >= 15 is 0 Å². The molecule has 0 saturated carbocycles. The minimum absolute atomic E-state index is 0.0833. The van der Waals surface area contributed by atoms with Crippen LogP contribution in [-0.2, 0) is 23.8 Å². The first-order valence-corrected chi connectivity index (χ1v) is 24.9. The Morgan fingerprint density at radius 3 is 1.21 bits per heavy atom. The zero-order chi connectivity index (χ0) is 40.7. The van der Waals surface area contributed by atoms with Crippen LogP contribution in [0.4, 0.5) is 0 Å². The van der Waals surface area contributed by atoms with Crippen LogP contribution in [0, 0.1) is 0 Å². The molecule has 330 valence electrons. The summed E-state index contributed by atoms with van der Waals surface area (Å²) in [6.07, 6.45) is 55.0. The molecule has 0 heterocycles. The summed E-state index contributed by atoms with van der Waals surface area (Å²) >= 11 is 0. The lowest BCUT2D eigenvalue weighted by Gasteiger charge is -2.18. The van der Waals surface area contributed by atoms with Gasteiger partial charge in [0, 0.05) is 19.4 Å². The van der Waals surface area contributed by atoms with Crippen LogP contribution in [0.2, 0.25) is 0 Å². The predicted molar refractivity (Wildman–Crippen MR) is 242 cm³/mol. The van der Waals surface area contributed by atoms with Crippen LogP contribution in [0.5, 0.6) is 0 Å². The largest absolute Gasteiger partial charge is 0.462 e. The van der Waals surface area contributed by atoms with E-state index in [0.717, 1.165) is 57.8 Å². The molecule has 0 N–H and O–H groups in total. The van der Waals surface area contributed by atoms with Crippen LogP contribution in [0.3, 0.4) is 0 Å². The van der Waals surface area contributed by atoms with Gasteiger partial charge in [0.15, 0.2) is 6.10 Å². The number of esters is 2. The summed E-state index contributed by atoms with van der Waals surface area (Å²) in [7, 11) is 0. The average molecular weight is 789 g/mol. The second-order valence-electron chi connectivity index (χ2n) is 16.7. The third kappa shape index (κ3) is 45.1. The second kappa shape index (κ2) is 47.8. The van der Waals surface area contributed by atoms with Gasteiger partial charge in [0.25, 0.3) is 0 Å². The molecular weight excluding hydrogens is 693 g/mol. The molecule has 0 aromatic rings. The molecule has 0 aliphatic heterocycles. The van der Waals surface area contributed by atoms with Gasteiger partial charge >= 0.3 is 11.9 Å². The highest BCUT2D eigenvalue weighted by Crippen LogP contribution is 2.16. The monoisotopic (exact) mass is 789 g/mol. The number of rotatable bonds is 46. The first kappa shape index (κ1) is 54.4. The summed E-state index contributed by atoms with van der Waals surface area (Å²) in [5.74, 6) is -0.413. The minimum Gasteiger partial charge on any atom is -0.462 e. The summed E-state index contributed by atoms with van der Waals surface area (Å²) in [4.78, 5) is 25.1. The third-order valence-corrected chi connectivity index (χ3v) is 11.0. The molecule has 0 aromatic carbocycles. The molecule has 0 amide bonds. The predicted octanol–water partition coefficient (Wildman–Crippen LogP) is 16.5. The van der Waals surface area contributed by atoms with E-state index in [2.05, 4.69) is 45.1 Å². The molecule has 0 radical (unpaired) electrons. The maximum absolute atomic E-state index is 12.6. The highest BCUT2D eigenvalue weighted by Gasteiger charge is 2.17. The Balaban J connectivity index is 3.98. The normalized spacial score (nSPS) is 12.3. The fourth-order valence-electron chi connectivity index (χ4n) is 7.25. The maximum atomic E-state index is 12.6. The number of hydrogen-bond donors (Lipinski definition) is 0. The Kier molecular flexibility index (Phi) is 46.4. The van der Waals surface area contributed by atoms with Crippen molar-refractivity contribution >= 4 is 11.9 Å². The number of hydrogen-bond acceptors (Lipinski definition) is 5. The maximum Gasteiger partial charge on any atom is 0.306 e. The molecule has 0 aromatic heterocycles. The highest BCUT2D eigenvalue weighted by atomic mass is 16.6. The van der Waals surface area contributed by atoms with Crippen LogP contribution >= 0.6 is 0 Å². The molecule has 0 fully saturated rings. The van der Waals surface area contributed by atoms with Crippen molar-refractivity contribution < 1.29 is 23.8 Å². The SMILES string of the molecule is CCCCC/C=C\C/C=C\CCCCCCCC(=O)OCC(COCCCCCCCCCCCCCCCCCCCCCC)OC(=O)CCCCCCC. The zero-order valence-electron chi connectivity index (χ0n) is 37.9. The number of unbranched alkanes of at least 4 members (excludes halogenated alkanes) is 31. The van der Waals surface area contributed by atoms with Crippen molar-refractivity contribution in [3.05, 3.63) is 24.3 Å². The number of ether oxygens (including phenoxy) is 3. The molecule has 0 spiro atoms. The molecule has 0 bridgehead atoms. The van der Waals surface area contributed by atoms with Gasteiger partial charge < -0.3 is 14.2 Å². The number of carbonyl (C=O) groups excluding carboxylic acids is 2. The number of allylic oxidation sites excluding steroid dienone is 4. The molecule has 0 saturated heterocycles. The van der Waals surface area contributed by atoms with Crippen molar-refractivity contribution in [2.45, 2.75) is 271 Å². The van der Waals surface area contributed by atoms with E-state index in [1.54, 1.807) is 0 Å². The van der Waals surface area contributed by atoms with Gasteiger partial charge in [-0.1, -0.05) is 225 Å². The molecule has 56 heavy (non-hydrogen) atoms. The van der Waals surface area contributed by atoms with Crippen molar-refractivity contribution in [2.24, 2.45) is 0 Å². The Morgan fingerprint density at radius 2 is 0.750 bits per heavy atom. The lowest BCUT2D eigenvalue weighted by atomic mass is 10.0. The first-order chi connectivity index (χ1) is 27.6. The summed E-state index contributed by atoms with van der Waals surface area (Å²) < 4.78 is 17.2. The Hall–Kier alpha value is -1.62. The Labute approximate surface area is 349 Å². The van der Waals surface area contributed by atoms with E-state index in [1.807, 2.05) is 0 Å². The van der Waals surface area contributed by atoms with E-state index in [1.165, 1.54) is 173 Å². The van der Waals surface area contributed by atoms with Crippen molar-refractivity contribution in [3.63, 3.8) is 0 Å². The quantitative estimate of drug-likeness (QED) is 0.0349. The molecule has 1 unspecified atom stereocenters. The van der Waals surface area contributed by atoms with Gasteiger partial charge in [0.2, 0.25) is 0 Å². The van der Waals surface area contributed by atoms with Crippen LogP contribution < -0.4 is 0 Å². The van der Waals surface area contributed by atoms with Crippen LogP contribution in [0.15, 0.2) is 24.3 Å². The van der Waals surface area contributed by atoms with Gasteiger partial charge in [0.1, 0.15) is 6.61 Å². The highest BCUT2D eigenvalue weighted by molar-refractivity contribution is 5.70. The topological polar surface area (TPSA) is 61.8 Å². The lowest BCUT2D eigenvalue weighted by Crippen LogP contribution is -2.30. The summed E-state index contributed by atoms with van der Waals surface area (Å²) in [6, 6.07) is 0. The van der Waals surface area contributed by atoms with Crippen LogP contribution in [-0.4, -0.2) is 37.9 Å². The Morgan fingerprint density at radius 1 is 0.393 bits per heavy atom. The van der Waals surface area contributed by atoms with Crippen molar-refractivity contribution in [3.8, 4) is 0 Å². The third-order valence-electron chi connectivity index (χ3n) is 11.0. The fraction of sp³-hybridized carbons (Fsp3) is 0.882. The van der Waals surface area contributed by atoms with Crippen LogP contribution in [0.25, 0.3) is 0 Å². The van der Waals surface area contributed by atoms with Gasteiger partial charge in [-0.05, 0) is 51.4 Å². The van der Waals surface area contributed by atoms with Crippen LogP contribution in [0.1, 0.15) is 265 Å². The van der Waals surface area contributed by atoms with E-state index in [9.17, 15) is 9.59 Å². The first-order valence-electron chi connectivity index (χ1n) is 24.9. The molecule has 0 aliphatic rings. The molecule has 0 aliphatic carbocycles. The standard InChI is InChI=1S/C51H96O5/c1-4-7-10-13-15-17-19-21-23-24-25-26-27-29-31-33-35-37-40-43-46-54-47-49(56-51(53)45-42-38-12-9-6-3)48-55-50(52)44-41-39-36-34-32-30-28-22-20-18-16-14-11-8-5-2/h16,18,22,28,49H,4-15,17,19-21,23-27,29-48H2,1-3H3/b18-16-,28-22-. The molecule has 1 atom stereocenters.